The third kappa shape index (κ3) is 2.18. The van der Waals surface area contributed by atoms with Crippen molar-refractivity contribution in [1.29, 1.82) is 0 Å². The molecule has 0 aliphatic rings. The summed E-state index contributed by atoms with van der Waals surface area (Å²) in [5.74, 6) is -0.825. The van der Waals surface area contributed by atoms with E-state index >= 15 is 0 Å². The van der Waals surface area contributed by atoms with Gasteiger partial charge in [0.05, 0.1) is 0 Å². The van der Waals surface area contributed by atoms with Crippen molar-refractivity contribution < 1.29 is 18.8 Å². The highest BCUT2D eigenvalue weighted by Crippen LogP contribution is 2.25. The Kier molecular flexibility index (Phi) is 2.91. The van der Waals surface area contributed by atoms with Gasteiger partial charge in [0.15, 0.2) is 11.5 Å². The van der Waals surface area contributed by atoms with Gasteiger partial charge in [-0.05, 0) is 24.1 Å². The second kappa shape index (κ2) is 4.37. The van der Waals surface area contributed by atoms with E-state index in [1.54, 1.807) is 18.2 Å². The topological polar surface area (TPSA) is 63.3 Å². The number of carbonyl (C=O) groups is 1. The lowest BCUT2D eigenvalue weighted by atomic mass is 10.0. The molecule has 5 heteroatoms. The first-order valence-corrected chi connectivity index (χ1v) is 4.97. The molecule has 2 aromatic rings. The van der Waals surface area contributed by atoms with Crippen molar-refractivity contribution in [2.45, 2.75) is 13.6 Å². The van der Waals surface area contributed by atoms with E-state index in [-0.39, 0.29) is 5.69 Å². The molecule has 0 bridgehead atoms. The van der Waals surface area contributed by atoms with E-state index < -0.39 is 12.6 Å². The van der Waals surface area contributed by atoms with E-state index in [1.165, 1.54) is 6.07 Å². The Hall–Kier alpha value is -2.17. The maximum Gasteiger partial charge on any atom is 0.358 e. The maximum absolute atomic E-state index is 12.5. The molecule has 0 radical (unpaired) electrons. The van der Waals surface area contributed by atoms with Crippen molar-refractivity contribution in [1.82, 2.24) is 5.16 Å². The van der Waals surface area contributed by atoms with Gasteiger partial charge in [0, 0.05) is 11.6 Å². The predicted molar refractivity (Wildman–Crippen MR) is 58.4 cm³/mol. The maximum atomic E-state index is 12.5. The summed E-state index contributed by atoms with van der Waals surface area (Å²) in [4.78, 5) is 10.7. The number of halogens is 1. The Labute approximate surface area is 96.7 Å². The smallest absolute Gasteiger partial charge is 0.358 e. The zero-order valence-corrected chi connectivity index (χ0v) is 9.11. The molecule has 0 atom stereocenters. The minimum absolute atomic E-state index is 0.162. The van der Waals surface area contributed by atoms with Gasteiger partial charge >= 0.3 is 5.97 Å². The SMILES string of the molecule is Cc1ccc(CF)cc1-c1cc(C(=O)O)no1. The van der Waals surface area contributed by atoms with Crippen LogP contribution < -0.4 is 0 Å². The van der Waals surface area contributed by atoms with E-state index in [0.29, 0.717) is 16.9 Å². The summed E-state index contributed by atoms with van der Waals surface area (Å²) < 4.78 is 17.5. The van der Waals surface area contributed by atoms with E-state index in [0.717, 1.165) is 5.56 Å². The molecule has 0 aliphatic carbocycles. The molecule has 2 rings (SSSR count). The first-order chi connectivity index (χ1) is 8.11. The number of carboxylic acids is 1. The number of benzene rings is 1. The molecule has 17 heavy (non-hydrogen) atoms. The molecule has 1 aromatic carbocycles. The van der Waals surface area contributed by atoms with Crippen molar-refractivity contribution >= 4 is 5.97 Å². The largest absolute Gasteiger partial charge is 0.476 e. The quantitative estimate of drug-likeness (QED) is 0.888. The van der Waals surface area contributed by atoms with Gasteiger partial charge in [-0.2, -0.15) is 0 Å². The van der Waals surface area contributed by atoms with E-state index in [2.05, 4.69) is 5.16 Å². The second-order valence-electron chi connectivity index (χ2n) is 3.66. The molecular weight excluding hydrogens is 225 g/mol. The van der Waals surface area contributed by atoms with Gasteiger partial charge in [0.2, 0.25) is 0 Å². The minimum atomic E-state index is -1.15. The number of alkyl halides is 1. The van der Waals surface area contributed by atoms with Crippen LogP contribution in [0.5, 0.6) is 0 Å². The Balaban J connectivity index is 2.47. The van der Waals surface area contributed by atoms with Crippen molar-refractivity contribution in [3.8, 4) is 11.3 Å². The molecule has 88 valence electrons. The van der Waals surface area contributed by atoms with Crippen LogP contribution in [0.2, 0.25) is 0 Å². The van der Waals surface area contributed by atoms with Crippen molar-refractivity contribution in [3.05, 3.63) is 41.1 Å². The van der Waals surface area contributed by atoms with E-state index in [4.69, 9.17) is 9.63 Å². The van der Waals surface area contributed by atoms with Crippen LogP contribution >= 0.6 is 0 Å². The van der Waals surface area contributed by atoms with Gasteiger partial charge in [0.1, 0.15) is 6.67 Å². The molecule has 0 fully saturated rings. The van der Waals surface area contributed by atoms with Crippen LogP contribution in [0, 0.1) is 6.92 Å². The fraction of sp³-hybridized carbons (Fsp3) is 0.167. The summed E-state index contributed by atoms with van der Waals surface area (Å²) in [6.07, 6.45) is 0. The van der Waals surface area contributed by atoms with E-state index in [1.807, 2.05) is 6.92 Å². The van der Waals surface area contributed by atoms with Crippen molar-refractivity contribution in [3.63, 3.8) is 0 Å². The third-order valence-corrected chi connectivity index (χ3v) is 2.45. The molecular formula is C12H10FNO3. The number of aromatic carboxylic acids is 1. The van der Waals surface area contributed by atoms with Crippen LogP contribution in [0.4, 0.5) is 4.39 Å². The lowest BCUT2D eigenvalue weighted by molar-refractivity contribution is 0.0686. The zero-order chi connectivity index (χ0) is 12.4. The number of hydrogen-bond donors (Lipinski definition) is 1. The summed E-state index contributed by atoms with van der Waals surface area (Å²) in [6, 6.07) is 6.38. The van der Waals surface area contributed by atoms with Gasteiger partial charge in [-0.3, -0.25) is 0 Å². The van der Waals surface area contributed by atoms with Crippen LogP contribution in [0.1, 0.15) is 21.6 Å². The Morgan fingerprint density at radius 1 is 1.47 bits per heavy atom. The summed E-state index contributed by atoms with van der Waals surface area (Å²) in [5, 5.41) is 12.2. The standard InChI is InChI=1S/C12H10FNO3/c1-7-2-3-8(6-13)4-9(7)11-5-10(12(15)16)14-17-11/h2-5H,6H2,1H3,(H,15,16). The third-order valence-electron chi connectivity index (χ3n) is 2.45. The number of aromatic nitrogens is 1. The number of nitrogens with zero attached hydrogens (tertiary/aromatic N) is 1. The molecule has 0 aliphatic heterocycles. The van der Waals surface area contributed by atoms with Gasteiger partial charge in [-0.25, -0.2) is 9.18 Å². The van der Waals surface area contributed by atoms with Gasteiger partial charge in [-0.1, -0.05) is 17.3 Å². The lowest BCUT2D eigenvalue weighted by Gasteiger charge is -2.03. The molecule has 0 amide bonds. The van der Waals surface area contributed by atoms with Crippen LogP contribution in [0.25, 0.3) is 11.3 Å². The second-order valence-corrected chi connectivity index (χ2v) is 3.66. The minimum Gasteiger partial charge on any atom is -0.476 e. The fourth-order valence-electron chi connectivity index (χ4n) is 1.52. The highest BCUT2D eigenvalue weighted by atomic mass is 19.1. The predicted octanol–water partition coefficient (Wildman–Crippen LogP) is 2.82. The molecule has 1 aromatic heterocycles. The zero-order valence-electron chi connectivity index (χ0n) is 9.11. The Morgan fingerprint density at radius 3 is 2.82 bits per heavy atom. The molecule has 4 nitrogen and oxygen atoms in total. The highest BCUT2D eigenvalue weighted by molar-refractivity contribution is 5.86. The van der Waals surface area contributed by atoms with Crippen LogP contribution in [-0.2, 0) is 6.67 Å². The van der Waals surface area contributed by atoms with Gasteiger partial charge < -0.3 is 9.63 Å². The molecule has 0 spiro atoms. The van der Waals surface area contributed by atoms with Crippen molar-refractivity contribution in [2.24, 2.45) is 0 Å². The summed E-state index contributed by atoms with van der Waals surface area (Å²) in [5.41, 5.74) is 1.87. The fourth-order valence-corrected chi connectivity index (χ4v) is 1.52. The summed E-state index contributed by atoms with van der Waals surface area (Å²) in [7, 11) is 0. The average molecular weight is 235 g/mol. The molecule has 1 N–H and O–H groups in total. The van der Waals surface area contributed by atoms with Crippen LogP contribution in [0.15, 0.2) is 28.8 Å². The molecule has 1 heterocycles. The lowest BCUT2D eigenvalue weighted by Crippen LogP contribution is -1.94. The van der Waals surface area contributed by atoms with Gasteiger partial charge in [0.25, 0.3) is 0 Å². The first kappa shape index (κ1) is 11.3. The summed E-state index contributed by atoms with van der Waals surface area (Å²) in [6.45, 7) is 1.26. The number of rotatable bonds is 3. The molecule has 0 saturated heterocycles. The summed E-state index contributed by atoms with van der Waals surface area (Å²) >= 11 is 0. The highest BCUT2D eigenvalue weighted by Gasteiger charge is 2.14. The number of aryl methyl sites for hydroxylation is 1. The number of carboxylic acid groups (broad SMARTS) is 1. The van der Waals surface area contributed by atoms with Crippen LogP contribution in [0.3, 0.4) is 0 Å². The Bertz CT molecular complexity index is 563. The normalized spacial score (nSPS) is 10.5. The molecule has 0 saturated carbocycles. The van der Waals surface area contributed by atoms with Crippen LogP contribution in [-0.4, -0.2) is 16.2 Å². The number of hydrogen-bond acceptors (Lipinski definition) is 3. The van der Waals surface area contributed by atoms with Crippen molar-refractivity contribution in [2.75, 3.05) is 0 Å². The first-order valence-electron chi connectivity index (χ1n) is 4.97. The average Bonchev–Trinajstić information content (AvgIpc) is 2.79. The van der Waals surface area contributed by atoms with Gasteiger partial charge in [-0.15, -0.1) is 0 Å². The van der Waals surface area contributed by atoms with E-state index in [9.17, 15) is 9.18 Å². The molecule has 0 unspecified atom stereocenters. The Morgan fingerprint density at radius 2 is 2.24 bits per heavy atom. The monoisotopic (exact) mass is 235 g/mol.